The number of hydrogen-bond donors (Lipinski definition) is 1. The van der Waals surface area contributed by atoms with Crippen LogP contribution < -0.4 is 10.1 Å². The normalized spacial score (nSPS) is 16.8. The van der Waals surface area contributed by atoms with Gasteiger partial charge in [0, 0.05) is 11.9 Å². The minimum atomic E-state index is 0.322. The van der Waals surface area contributed by atoms with Gasteiger partial charge < -0.3 is 10.1 Å². The van der Waals surface area contributed by atoms with Crippen molar-refractivity contribution in [3.63, 3.8) is 0 Å². The van der Waals surface area contributed by atoms with Gasteiger partial charge in [0.05, 0.1) is 18.3 Å². The lowest BCUT2D eigenvalue weighted by Gasteiger charge is -2.17. The highest BCUT2D eigenvalue weighted by Gasteiger charge is 2.23. The van der Waals surface area contributed by atoms with Crippen LogP contribution in [0.3, 0.4) is 0 Å². The Balaban J connectivity index is 1.79. The number of ether oxygens (including phenoxy) is 1. The van der Waals surface area contributed by atoms with E-state index in [1.807, 2.05) is 25.3 Å². The number of rotatable bonds is 4. The van der Waals surface area contributed by atoms with Crippen molar-refractivity contribution in [3.8, 4) is 5.75 Å². The number of benzene rings is 1. The zero-order chi connectivity index (χ0) is 13.9. The first-order valence-corrected chi connectivity index (χ1v) is 7.21. The predicted octanol–water partition coefficient (Wildman–Crippen LogP) is 3.89. The van der Waals surface area contributed by atoms with Crippen molar-refractivity contribution in [2.45, 2.75) is 32.7 Å². The summed E-state index contributed by atoms with van der Waals surface area (Å²) in [5.74, 6) is 0.931. The van der Waals surface area contributed by atoms with Crippen LogP contribution in [0.25, 0.3) is 0 Å². The minimum Gasteiger partial charge on any atom is -0.494 e. The third-order valence-corrected chi connectivity index (χ3v) is 3.80. The van der Waals surface area contributed by atoms with Crippen LogP contribution in [-0.2, 0) is 6.42 Å². The maximum absolute atomic E-state index is 5.53. The van der Waals surface area contributed by atoms with Gasteiger partial charge in [-0.05, 0) is 62.1 Å². The molecule has 0 amide bonds. The third-order valence-electron chi connectivity index (χ3n) is 3.80. The van der Waals surface area contributed by atoms with Gasteiger partial charge in [-0.15, -0.1) is 0 Å². The summed E-state index contributed by atoms with van der Waals surface area (Å²) in [6.07, 6.45) is 4.10. The lowest BCUT2D eigenvalue weighted by atomic mass is 10.1. The van der Waals surface area contributed by atoms with Gasteiger partial charge in [-0.25, -0.2) is 0 Å². The van der Waals surface area contributed by atoms with Crippen molar-refractivity contribution in [2.24, 2.45) is 0 Å². The van der Waals surface area contributed by atoms with Gasteiger partial charge >= 0.3 is 0 Å². The van der Waals surface area contributed by atoms with Crippen molar-refractivity contribution in [1.29, 1.82) is 0 Å². The van der Waals surface area contributed by atoms with E-state index < -0.39 is 0 Å². The van der Waals surface area contributed by atoms with Crippen LogP contribution in [0.4, 0.5) is 5.69 Å². The number of pyridine rings is 1. The van der Waals surface area contributed by atoms with Crippen LogP contribution in [0.1, 0.15) is 36.2 Å². The quantitative estimate of drug-likeness (QED) is 0.913. The largest absolute Gasteiger partial charge is 0.494 e. The Labute approximate surface area is 120 Å². The average Bonchev–Trinajstić information content (AvgIpc) is 2.86. The maximum atomic E-state index is 5.53. The molecule has 0 bridgehead atoms. The fourth-order valence-electron chi connectivity index (χ4n) is 2.80. The summed E-state index contributed by atoms with van der Waals surface area (Å²) in [5, 5.41) is 3.62. The number of nitrogens with one attached hydrogen (secondary N) is 1. The molecule has 0 spiro atoms. The Morgan fingerprint density at radius 2 is 2.25 bits per heavy atom. The van der Waals surface area contributed by atoms with Gasteiger partial charge in [-0.1, -0.05) is 6.07 Å². The Kier molecular flexibility index (Phi) is 3.59. The SMILES string of the molecule is CCOc1ccc(NC2CCc3cccnc32)c(C)c1. The fraction of sp³-hybridized carbons (Fsp3) is 0.353. The second kappa shape index (κ2) is 5.53. The first kappa shape index (κ1) is 13.0. The number of aryl methyl sites for hydroxylation is 2. The number of aromatic nitrogens is 1. The molecule has 3 nitrogen and oxygen atoms in total. The summed E-state index contributed by atoms with van der Waals surface area (Å²) < 4.78 is 5.53. The highest BCUT2D eigenvalue weighted by atomic mass is 16.5. The smallest absolute Gasteiger partial charge is 0.119 e. The monoisotopic (exact) mass is 268 g/mol. The van der Waals surface area contributed by atoms with Gasteiger partial charge in [0.2, 0.25) is 0 Å². The summed E-state index contributed by atoms with van der Waals surface area (Å²) >= 11 is 0. The molecule has 1 unspecified atom stereocenters. The lowest BCUT2D eigenvalue weighted by Crippen LogP contribution is -2.09. The van der Waals surface area contributed by atoms with Crippen molar-refractivity contribution in [3.05, 3.63) is 53.3 Å². The van der Waals surface area contributed by atoms with Crippen LogP contribution in [0.15, 0.2) is 36.5 Å². The molecule has 1 heterocycles. The summed E-state index contributed by atoms with van der Waals surface area (Å²) in [6.45, 7) is 4.81. The van der Waals surface area contributed by atoms with Gasteiger partial charge in [-0.3, -0.25) is 4.98 Å². The standard InChI is InChI=1S/C17H20N2O/c1-3-20-14-7-9-15(12(2)11-14)19-16-8-6-13-5-4-10-18-17(13)16/h4-5,7,9-11,16,19H,3,6,8H2,1-2H3. The Morgan fingerprint density at radius 1 is 1.35 bits per heavy atom. The predicted molar refractivity (Wildman–Crippen MR) is 81.3 cm³/mol. The van der Waals surface area contributed by atoms with E-state index in [0.29, 0.717) is 12.6 Å². The van der Waals surface area contributed by atoms with E-state index in [1.165, 1.54) is 16.8 Å². The van der Waals surface area contributed by atoms with E-state index in [0.717, 1.165) is 24.3 Å². The Morgan fingerprint density at radius 3 is 3.05 bits per heavy atom. The summed E-state index contributed by atoms with van der Waals surface area (Å²) in [7, 11) is 0. The molecule has 3 rings (SSSR count). The van der Waals surface area contributed by atoms with Gasteiger partial charge in [-0.2, -0.15) is 0 Å². The van der Waals surface area contributed by atoms with E-state index in [2.05, 4.69) is 35.4 Å². The molecule has 1 aromatic heterocycles. The minimum absolute atomic E-state index is 0.322. The molecular formula is C17H20N2O. The van der Waals surface area contributed by atoms with E-state index in [1.54, 1.807) is 0 Å². The first-order chi connectivity index (χ1) is 9.78. The molecule has 1 atom stereocenters. The Hall–Kier alpha value is -2.03. The van der Waals surface area contributed by atoms with Crippen LogP contribution in [0, 0.1) is 6.92 Å². The van der Waals surface area contributed by atoms with Crippen LogP contribution in [0.2, 0.25) is 0 Å². The highest BCUT2D eigenvalue weighted by molar-refractivity contribution is 5.55. The van der Waals surface area contributed by atoms with Gasteiger partial charge in [0.1, 0.15) is 5.75 Å². The molecule has 1 N–H and O–H groups in total. The van der Waals surface area contributed by atoms with Crippen molar-refractivity contribution in [2.75, 3.05) is 11.9 Å². The Bertz CT molecular complexity index is 610. The molecule has 2 aromatic rings. The topological polar surface area (TPSA) is 34.1 Å². The second-order valence-corrected chi connectivity index (χ2v) is 5.19. The number of anilines is 1. The average molecular weight is 268 g/mol. The van der Waals surface area contributed by atoms with E-state index >= 15 is 0 Å². The lowest BCUT2D eigenvalue weighted by molar-refractivity contribution is 0.340. The van der Waals surface area contributed by atoms with Crippen molar-refractivity contribution >= 4 is 5.69 Å². The molecule has 0 radical (unpaired) electrons. The summed E-state index contributed by atoms with van der Waals surface area (Å²) in [5.41, 5.74) is 4.94. The summed E-state index contributed by atoms with van der Waals surface area (Å²) in [4.78, 5) is 4.53. The van der Waals surface area contributed by atoms with Gasteiger partial charge in [0.15, 0.2) is 0 Å². The molecule has 1 aliphatic rings. The highest BCUT2D eigenvalue weighted by Crippen LogP contribution is 2.33. The fourth-order valence-corrected chi connectivity index (χ4v) is 2.80. The van der Waals surface area contributed by atoms with Crippen LogP contribution >= 0.6 is 0 Å². The molecule has 104 valence electrons. The zero-order valence-electron chi connectivity index (χ0n) is 12.0. The second-order valence-electron chi connectivity index (χ2n) is 5.19. The van der Waals surface area contributed by atoms with Gasteiger partial charge in [0.25, 0.3) is 0 Å². The number of fused-ring (bicyclic) bond motifs is 1. The molecule has 3 heteroatoms. The van der Waals surface area contributed by atoms with E-state index in [-0.39, 0.29) is 0 Å². The number of hydrogen-bond acceptors (Lipinski definition) is 3. The van der Waals surface area contributed by atoms with Crippen molar-refractivity contribution < 1.29 is 4.74 Å². The molecule has 20 heavy (non-hydrogen) atoms. The van der Waals surface area contributed by atoms with E-state index in [9.17, 15) is 0 Å². The third kappa shape index (κ3) is 2.48. The molecule has 0 saturated heterocycles. The molecule has 0 aliphatic heterocycles. The molecule has 1 aliphatic carbocycles. The molecular weight excluding hydrogens is 248 g/mol. The summed E-state index contributed by atoms with van der Waals surface area (Å²) in [6, 6.07) is 10.7. The molecule has 0 fully saturated rings. The van der Waals surface area contributed by atoms with E-state index in [4.69, 9.17) is 4.74 Å². The zero-order valence-corrected chi connectivity index (χ0v) is 12.0. The maximum Gasteiger partial charge on any atom is 0.119 e. The van der Waals surface area contributed by atoms with Crippen molar-refractivity contribution in [1.82, 2.24) is 4.98 Å². The van der Waals surface area contributed by atoms with Crippen LogP contribution in [0.5, 0.6) is 5.75 Å². The molecule has 1 aromatic carbocycles. The first-order valence-electron chi connectivity index (χ1n) is 7.21. The number of nitrogens with zero attached hydrogens (tertiary/aromatic N) is 1. The van der Waals surface area contributed by atoms with Crippen LogP contribution in [-0.4, -0.2) is 11.6 Å². The molecule has 0 saturated carbocycles.